The summed E-state index contributed by atoms with van der Waals surface area (Å²) in [5.74, 6) is -5.20. The lowest BCUT2D eigenvalue weighted by atomic mass is 9.89. The van der Waals surface area contributed by atoms with Gasteiger partial charge in [0, 0.05) is 59.9 Å². The number of carbonyl (C=O) groups is 3. The molecule has 6 atom stereocenters. The van der Waals surface area contributed by atoms with Crippen LogP contribution in [0.15, 0.2) is 85.7 Å². The molecule has 27 heteroatoms. The summed E-state index contributed by atoms with van der Waals surface area (Å²) in [5.41, 5.74) is -1.27. The van der Waals surface area contributed by atoms with Crippen LogP contribution < -0.4 is 27.3 Å². The van der Waals surface area contributed by atoms with E-state index >= 15 is 0 Å². The minimum absolute atomic E-state index is 0.0571. The Hall–Kier alpha value is -5.87. The molecule has 2 amide bonds. The van der Waals surface area contributed by atoms with Crippen LogP contribution in [0.25, 0.3) is 39.5 Å². The molecule has 6 rings (SSSR count). The van der Waals surface area contributed by atoms with Gasteiger partial charge in [0.2, 0.25) is 13.3 Å². The highest BCUT2D eigenvalue weighted by Gasteiger charge is 2.46. The van der Waals surface area contributed by atoms with Gasteiger partial charge in [-0.2, -0.15) is 0 Å². The van der Waals surface area contributed by atoms with E-state index in [1.54, 1.807) is 6.07 Å². The highest BCUT2D eigenvalue weighted by atomic mass is 31.3. The van der Waals surface area contributed by atoms with Gasteiger partial charge in [0.15, 0.2) is 11.7 Å². The van der Waals surface area contributed by atoms with E-state index in [1.807, 2.05) is 4.98 Å². The number of carboxylic acid groups (broad SMARTS) is 1. The average Bonchev–Trinajstić information content (AvgIpc) is 3.52. The first kappa shape index (κ1) is 51.5. The Morgan fingerprint density at radius 1 is 0.868 bits per heavy atom. The number of rotatable bonds is 20. The number of amides is 2. The summed E-state index contributed by atoms with van der Waals surface area (Å²) in [5, 5.41) is 47.1. The summed E-state index contributed by atoms with van der Waals surface area (Å²) in [6.45, 7) is -0.811. The summed E-state index contributed by atoms with van der Waals surface area (Å²) >= 11 is 0. The normalized spacial score (nSPS) is 19.2. The van der Waals surface area contributed by atoms with Gasteiger partial charge in [-0.05, 0) is 60.9 Å². The van der Waals surface area contributed by atoms with Crippen LogP contribution in [-0.4, -0.2) is 117 Å². The number of aromatic amines is 1. The number of nitrogens with zero attached hydrogens (tertiary/aromatic N) is 1. The van der Waals surface area contributed by atoms with Gasteiger partial charge in [-0.25, -0.2) is 9.59 Å². The molecule has 2 aliphatic heterocycles. The maximum atomic E-state index is 13.3. The molecule has 1 saturated heterocycles. The maximum absolute atomic E-state index is 13.3. The van der Waals surface area contributed by atoms with Gasteiger partial charge >= 0.3 is 26.9 Å². The first-order chi connectivity index (χ1) is 31.9. The summed E-state index contributed by atoms with van der Waals surface area (Å²) in [6.07, 6.45) is -1.83. The summed E-state index contributed by atoms with van der Waals surface area (Å²) in [4.78, 5) is 115. The highest BCUT2D eigenvalue weighted by molar-refractivity contribution is 7.79. The predicted octanol–water partition coefficient (Wildman–Crippen LogP) is 2.12. The van der Waals surface area contributed by atoms with Gasteiger partial charge in [0.1, 0.15) is 47.2 Å². The number of hydrogen-bond acceptors (Lipinski definition) is 15. The van der Waals surface area contributed by atoms with Crippen LogP contribution in [0.1, 0.15) is 58.2 Å². The monoisotopic (exact) mass is 1010 g/mol. The molecule has 0 spiro atoms. The van der Waals surface area contributed by atoms with Crippen molar-refractivity contribution in [3.63, 3.8) is 0 Å². The number of aromatic carboxylic acids is 1. The van der Waals surface area contributed by atoms with E-state index in [1.165, 1.54) is 60.7 Å². The number of aliphatic hydroxyl groups excluding tert-OH is 2. The van der Waals surface area contributed by atoms with E-state index < -0.39 is 88.6 Å². The number of phenols is 1. The molecule has 3 heterocycles. The number of aliphatic hydroxyl groups is 2. The second kappa shape index (κ2) is 21.2. The summed E-state index contributed by atoms with van der Waals surface area (Å²) in [6, 6.07) is 12.4. The lowest BCUT2D eigenvalue weighted by Crippen LogP contribution is -2.38. The van der Waals surface area contributed by atoms with Crippen LogP contribution in [0.3, 0.4) is 0 Å². The first-order valence-corrected chi connectivity index (χ1v) is 26.0. The lowest BCUT2D eigenvalue weighted by molar-refractivity contribution is -0.121. The third kappa shape index (κ3) is 13.0. The number of unbranched alkanes of at least 4 members (excludes halogenated alkanes) is 2. The van der Waals surface area contributed by atoms with Crippen molar-refractivity contribution in [1.82, 2.24) is 20.2 Å². The van der Waals surface area contributed by atoms with Crippen LogP contribution >= 0.6 is 22.6 Å². The highest BCUT2D eigenvalue weighted by Crippen LogP contribution is 2.63. The standard InChI is InChI=1S/C41H45N4O20P3/c46-24-8-11-27-30(16-24)64-31-17-25(47)9-12-28(31)34(27)29-15-22(7-10-26(29)40(53)54)37(51)43-13-3-1-2-6-33(48)42-14-4-5-23-18-45(41(55)44-38(23)52)39-36(50)35(49)32(65-39)19-63-68(61,62)21-66(56,57)20-67(58,59)60/h4-5,7-12,15-18,32,35-36,39,46,49-50H,1-3,6,13-14,19-21H2,(H,42,48)(H,43,51)(H,53,54)(H,56,57)(H,61,62)(H,44,52,55)(H2,58,59,60)/b5-4+/t32-,35-,36-,39-/m1/s1. The number of hydrogen-bond donors (Lipinski definition) is 11. The average molecular weight is 1010 g/mol. The Bertz CT molecular complexity index is 3070. The van der Waals surface area contributed by atoms with Crippen molar-refractivity contribution in [2.75, 3.05) is 31.5 Å². The van der Waals surface area contributed by atoms with Gasteiger partial charge in [0.25, 0.3) is 11.5 Å². The molecule has 2 aromatic carbocycles. The Morgan fingerprint density at radius 3 is 2.34 bits per heavy atom. The maximum Gasteiger partial charge on any atom is 0.337 e. The zero-order chi connectivity index (χ0) is 49.7. The van der Waals surface area contributed by atoms with Crippen LogP contribution in [0.5, 0.6) is 5.75 Å². The number of phenolic OH excluding ortho intramolecular Hbond substituents is 1. The van der Waals surface area contributed by atoms with Gasteiger partial charge in [0.05, 0.1) is 17.7 Å². The molecule has 2 unspecified atom stereocenters. The molecule has 0 radical (unpaired) electrons. The fourth-order valence-electron chi connectivity index (χ4n) is 7.31. The van der Waals surface area contributed by atoms with Crippen molar-refractivity contribution in [1.29, 1.82) is 0 Å². The molecule has 3 aliphatic rings. The molecular formula is C41H45N4O20P3. The number of aromatic nitrogens is 2. The zero-order valence-corrected chi connectivity index (χ0v) is 38.1. The van der Waals surface area contributed by atoms with E-state index in [0.29, 0.717) is 40.3 Å². The van der Waals surface area contributed by atoms with E-state index in [2.05, 4.69) is 10.6 Å². The Morgan fingerprint density at radius 2 is 1.62 bits per heavy atom. The molecule has 68 heavy (non-hydrogen) atoms. The minimum Gasteiger partial charge on any atom is -0.508 e. The van der Waals surface area contributed by atoms with E-state index in [9.17, 15) is 72.7 Å². The second-order valence-corrected chi connectivity index (χ2v) is 22.5. The molecule has 11 N–H and O–H groups in total. The first-order valence-electron chi connectivity index (χ1n) is 20.4. The van der Waals surface area contributed by atoms with Gasteiger partial charge in [-0.15, -0.1) is 0 Å². The number of H-pyrrole nitrogens is 1. The molecule has 3 aromatic rings. The third-order valence-electron chi connectivity index (χ3n) is 10.4. The van der Waals surface area contributed by atoms with Crippen LogP contribution in [0, 0.1) is 0 Å². The number of ether oxygens (including phenoxy) is 1. The second-order valence-electron chi connectivity index (χ2n) is 15.7. The molecule has 24 nitrogen and oxygen atoms in total. The molecule has 1 fully saturated rings. The number of aromatic hydroxyl groups is 1. The zero-order valence-electron chi connectivity index (χ0n) is 35.4. The van der Waals surface area contributed by atoms with Crippen molar-refractivity contribution in [2.45, 2.75) is 50.2 Å². The van der Waals surface area contributed by atoms with E-state index in [0.717, 1.165) is 6.20 Å². The number of benzene rings is 3. The summed E-state index contributed by atoms with van der Waals surface area (Å²) in [7, 11) is -14.9. The van der Waals surface area contributed by atoms with Gasteiger partial charge in [-0.1, -0.05) is 18.6 Å². The Kier molecular flexibility index (Phi) is 16.1. The minimum atomic E-state index is -5.04. The van der Waals surface area contributed by atoms with Crippen LogP contribution in [-0.2, 0) is 27.8 Å². The van der Waals surface area contributed by atoms with Gasteiger partial charge in [-0.3, -0.25) is 42.4 Å². The van der Waals surface area contributed by atoms with Crippen LogP contribution in [0.4, 0.5) is 0 Å². The van der Waals surface area contributed by atoms with Gasteiger partial charge < -0.3 is 64.3 Å². The van der Waals surface area contributed by atoms with Crippen molar-refractivity contribution in [3.05, 3.63) is 115 Å². The SMILES string of the molecule is O=C(CCCCCNC(=O)c1ccc(C(=O)O)c(-c2c3ccc(=O)cc-3oc3cc(O)ccc23)c1)NC/C=C/c1cn([C@@H]2O[C@H](COP(=O)(O)CP(=O)(O)CP(=O)(O)O)[C@@H](O)[C@H]2O)c(=O)[nH]c1=O. The number of carboxylic acids is 1. The number of fused-ring (bicyclic) bond motifs is 2. The topological polar surface area (TPSA) is 392 Å². The van der Waals surface area contributed by atoms with Crippen molar-refractivity contribution in [2.24, 2.45) is 0 Å². The Balaban J connectivity index is 0.977. The van der Waals surface area contributed by atoms with Crippen molar-refractivity contribution >= 4 is 57.4 Å². The molecule has 1 aliphatic carbocycles. The third-order valence-corrected chi connectivity index (χ3v) is 17.4. The Labute approximate surface area is 383 Å². The van der Waals surface area contributed by atoms with Crippen LogP contribution in [0.2, 0.25) is 0 Å². The number of nitrogens with one attached hydrogen (secondary N) is 3. The fourth-order valence-corrected chi connectivity index (χ4v) is 13.7. The molecule has 0 saturated carbocycles. The molecular weight excluding hydrogens is 961 g/mol. The smallest absolute Gasteiger partial charge is 0.337 e. The molecule has 364 valence electrons. The fraction of sp³-hybridized carbons (Fsp3) is 0.317. The van der Waals surface area contributed by atoms with Crippen molar-refractivity contribution < 1.29 is 81.8 Å². The number of carbonyl (C=O) groups excluding carboxylic acids is 2. The largest absolute Gasteiger partial charge is 0.508 e. The molecule has 1 aromatic heterocycles. The summed E-state index contributed by atoms with van der Waals surface area (Å²) < 4.78 is 52.3. The van der Waals surface area contributed by atoms with Crippen molar-refractivity contribution in [3.8, 4) is 28.2 Å². The molecule has 0 bridgehead atoms. The van der Waals surface area contributed by atoms with E-state index in [4.69, 9.17) is 23.5 Å². The predicted molar refractivity (Wildman–Crippen MR) is 241 cm³/mol. The lowest BCUT2D eigenvalue weighted by Gasteiger charge is -2.20. The van der Waals surface area contributed by atoms with E-state index in [-0.39, 0.29) is 70.2 Å². The quantitative estimate of drug-likeness (QED) is 0.0302.